The number of aromatic nitrogens is 1. The zero-order valence-corrected chi connectivity index (χ0v) is 12.3. The number of pyridine rings is 1. The standard InChI is InChI=1S/C14H13Cl2N3O/c1-19(8-9-2-4-11(15)5-3-9)14(20)10-6-12(16)13(17)18-7-10/h2-7H,8H2,1H3,(H2,17,18). The second-order valence-electron chi connectivity index (χ2n) is 4.38. The molecule has 0 aliphatic carbocycles. The second-order valence-corrected chi connectivity index (χ2v) is 5.22. The summed E-state index contributed by atoms with van der Waals surface area (Å²) in [7, 11) is 1.71. The van der Waals surface area contributed by atoms with Crippen LogP contribution in [0.3, 0.4) is 0 Å². The van der Waals surface area contributed by atoms with Crippen LogP contribution in [0.4, 0.5) is 5.82 Å². The molecular formula is C14H13Cl2N3O. The molecule has 0 spiro atoms. The molecule has 1 aromatic heterocycles. The largest absolute Gasteiger partial charge is 0.382 e. The lowest BCUT2D eigenvalue weighted by atomic mass is 10.2. The monoisotopic (exact) mass is 309 g/mol. The van der Waals surface area contributed by atoms with Crippen molar-refractivity contribution in [2.24, 2.45) is 0 Å². The number of carbonyl (C=O) groups excluding carboxylic acids is 1. The first-order valence-corrected chi connectivity index (χ1v) is 6.64. The Morgan fingerprint density at radius 2 is 1.95 bits per heavy atom. The third-order valence-electron chi connectivity index (χ3n) is 2.80. The summed E-state index contributed by atoms with van der Waals surface area (Å²) in [5.74, 6) is 0.0397. The fourth-order valence-electron chi connectivity index (χ4n) is 1.72. The molecule has 0 fully saturated rings. The summed E-state index contributed by atoms with van der Waals surface area (Å²) in [6.07, 6.45) is 1.42. The first-order valence-electron chi connectivity index (χ1n) is 5.88. The smallest absolute Gasteiger partial charge is 0.255 e. The Labute approximate surface area is 127 Å². The SMILES string of the molecule is CN(Cc1ccc(Cl)cc1)C(=O)c1cnc(N)c(Cl)c1. The molecule has 6 heteroatoms. The number of anilines is 1. The maximum atomic E-state index is 12.2. The van der Waals surface area contributed by atoms with Crippen molar-refractivity contribution in [1.82, 2.24) is 9.88 Å². The van der Waals surface area contributed by atoms with Gasteiger partial charge in [0.25, 0.3) is 5.91 Å². The molecule has 2 rings (SSSR count). The van der Waals surface area contributed by atoms with Crippen molar-refractivity contribution >= 4 is 34.9 Å². The predicted molar refractivity (Wildman–Crippen MR) is 80.9 cm³/mol. The Kier molecular flexibility index (Phi) is 4.47. The molecule has 0 saturated heterocycles. The molecule has 20 heavy (non-hydrogen) atoms. The molecule has 0 bridgehead atoms. The molecule has 2 N–H and O–H groups in total. The number of hydrogen-bond acceptors (Lipinski definition) is 3. The molecule has 1 aromatic carbocycles. The third kappa shape index (κ3) is 3.40. The van der Waals surface area contributed by atoms with Gasteiger partial charge in [-0.05, 0) is 23.8 Å². The number of benzene rings is 1. The van der Waals surface area contributed by atoms with E-state index in [-0.39, 0.29) is 16.7 Å². The van der Waals surface area contributed by atoms with Crippen LogP contribution in [-0.2, 0) is 6.54 Å². The molecule has 0 saturated carbocycles. The van der Waals surface area contributed by atoms with Crippen molar-refractivity contribution in [1.29, 1.82) is 0 Å². The van der Waals surface area contributed by atoms with E-state index in [1.165, 1.54) is 12.3 Å². The van der Waals surface area contributed by atoms with Crippen molar-refractivity contribution in [2.45, 2.75) is 6.54 Å². The molecule has 0 atom stereocenters. The second kappa shape index (κ2) is 6.11. The van der Waals surface area contributed by atoms with Crippen LogP contribution in [-0.4, -0.2) is 22.8 Å². The number of amides is 1. The molecule has 104 valence electrons. The summed E-state index contributed by atoms with van der Waals surface area (Å²) in [6, 6.07) is 8.85. The van der Waals surface area contributed by atoms with Gasteiger partial charge in [-0.2, -0.15) is 0 Å². The van der Waals surface area contributed by atoms with Gasteiger partial charge < -0.3 is 10.6 Å². The highest BCUT2D eigenvalue weighted by atomic mass is 35.5. The quantitative estimate of drug-likeness (QED) is 0.947. The van der Waals surface area contributed by atoms with Crippen LogP contribution in [0.15, 0.2) is 36.5 Å². The summed E-state index contributed by atoms with van der Waals surface area (Å²) >= 11 is 11.7. The van der Waals surface area contributed by atoms with Crippen LogP contribution in [0.25, 0.3) is 0 Å². The lowest BCUT2D eigenvalue weighted by Gasteiger charge is -2.17. The minimum absolute atomic E-state index is 0.172. The highest BCUT2D eigenvalue weighted by Crippen LogP contribution is 2.18. The number of carbonyl (C=O) groups is 1. The van der Waals surface area contributed by atoms with Crippen LogP contribution in [0.2, 0.25) is 10.0 Å². The molecular weight excluding hydrogens is 297 g/mol. The molecule has 0 aliphatic rings. The van der Waals surface area contributed by atoms with Crippen molar-refractivity contribution in [3.63, 3.8) is 0 Å². The van der Waals surface area contributed by atoms with Crippen LogP contribution >= 0.6 is 23.2 Å². The Hall–Kier alpha value is -1.78. The van der Waals surface area contributed by atoms with E-state index < -0.39 is 0 Å². The van der Waals surface area contributed by atoms with Gasteiger partial charge in [0.1, 0.15) is 5.82 Å². The van der Waals surface area contributed by atoms with Gasteiger partial charge in [0, 0.05) is 24.8 Å². The number of nitrogens with zero attached hydrogens (tertiary/aromatic N) is 2. The highest BCUT2D eigenvalue weighted by Gasteiger charge is 2.14. The first-order chi connectivity index (χ1) is 9.47. The van der Waals surface area contributed by atoms with E-state index in [1.54, 1.807) is 24.1 Å². The van der Waals surface area contributed by atoms with E-state index in [2.05, 4.69) is 4.98 Å². The predicted octanol–water partition coefficient (Wildman–Crippen LogP) is 3.24. The van der Waals surface area contributed by atoms with E-state index in [1.807, 2.05) is 12.1 Å². The van der Waals surface area contributed by atoms with Gasteiger partial charge in [-0.25, -0.2) is 4.98 Å². The zero-order chi connectivity index (χ0) is 14.7. The lowest BCUT2D eigenvalue weighted by Crippen LogP contribution is -2.26. The number of halogens is 2. The van der Waals surface area contributed by atoms with Crippen molar-refractivity contribution in [2.75, 3.05) is 12.8 Å². The van der Waals surface area contributed by atoms with Gasteiger partial charge >= 0.3 is 0 Å². The van der Waals surface area contributed by atoms with Crippen LogP contribution in [0, 0.1) is 0 Å². The van der Waals surface area contributed by atoms with Gasteiger partial charge in [0.2, 0.25) is 0 Å². The molecule has 1 heterocycles. The topological polar surface area (TPSA) is 59.2 Å². The lowest BCUT2D eigenvalue weighted by molar-refractivity contribution is 0.0784. The summed E-state index contributed by atoms with van der Waals surface area (Å²) in [6.45, 7) is 0.470. The Morgan fingerprint density at radius 1 is 1.30 bits per heavy atom. The van der Waals surface area contributed by atoms with Gasteiger partial charge in [0.15, 0.2) is 0 Å². The fraction of sp³-hybridized carbons (Fsp3) is 0.143. The summed E-state index contributed by atoms with van der Waals surface area (Å²) in [5.41, 5.74) is 6.91. The number of rotatable bonds is 3. The average molecular weight is 310 g/mol. The van der Waals surface area contributed by atoms with Gasteiger partial charge in [-0.15, -0.1) is 0 Å². The summed E-state index contributed by atoms with van der Waals surface area (Å²) < 4.78 is 0. The van der Waals surface area contributed by atoms with Crippen LogP contribution < -0.4 is 5.73 Å². The maximum Gasteiger partial charge on any atom is 0.255 e. The Balaban J connectivity index is 2.11. The van der Waals surface area contributed by atoms with Crippen molar-refractivity contribution in [3.8, 4) is 0 Å². The molecule has 0 aliphatic heterocycles. The van der Waals surface area contributed by atoms with Crippen molar-refractivity contribution < 1.29 is 4.79 Å². The van der Waals surface area contributed by atoms with E-state index in [4.69, 9.17) is 28.9 Å². The van der Waals surface area contributed by atoms with Gasteiger partial charge in [-0.1, -0.05) is 35.3 Å². The number of nitrogen functional groups attached to an aromatic ring is 1. The van der Waals surface area contributed by atoms with E-state index in [0.717, 1.165) is 5.56 Å². The normalized spacial score (nSPS) is 10.3. The zero-order valence-electron chi connectivity index (χ0n) is 10.8. The molecule has 0 unspecified atom stereocenters. The molecule has 4 nitrogen and oxygen atoms in total. The average Bonchev–Trinajstić information content (AvgIpc) is 2.43. The van der Waals surface area contributed by atoms with E-state index in [0.29, 0.717) is 17.1 Å². The number of hydrogen-bond donors (Lipinski definition) is 1. The van der Waals surface area contributed by atoms with Gasteiger partial charge in [-0.3, -0.25) is 4.79 Å². The van der Waals surface area contributed by atoms with Crippen LogP contribution in [0.5, 0.6) is 0 Å². The molecule has 1 amide bonds. The highest BCUT2D eigenvalue weighted by molar-refractivity contribution is 6.33. The Bertz CT molecular complexity index is 629. The fourth-order valence-corrected chi connectivity index (χ4v) is 2.01. The summed E-state index contributed by atoms with van der Waals surface area (Å²) in [5, 5.41) is 0.938. The molecule has 0 radical (unpaired) electrons. The van der Waals surface area contributed by atoms with Crippen LogP contribution in [0.1, 0.15) is 15.9 Å². The van der Waals surface area contributed by atoms with E-state index in [9.17, 15) is 4.79 Å². The number of nitrogens with two attached hydrogens (primary N) is 1. The molecule has 2 aromatic rings. The van der Waals surface area contributed by atoms with E-state index >= 15 is 0 Å². The minimum atomic E-state index is -0.172. The van der Waals surface area contributed by atoms with Crippen molar-refractivity contribution in [3.05, 3.63) is 57.7 Å². The Morgan fingerprint density at radius 3 is 2.55 bits per heavy atom. The first kappa shape index (κ1) is 14.6. The minimum Gasteiger partial charge on any atom is -0.382 e. The summed E-state index contributed by atoms with van der Waals surface area (Å²) in [4.78, 5) is 17.7. The van der Waals surface area contributed by atoms with Gasteiger partial charge in [0.05, 0.1) is 10.6 Å². The third-order valence-corrected chi connectivity index (χ3v) is 3.35. The maximum absolute atomic E-state index is 12.2.